The SMILES string of the molecule is CCC(C)N(CCCCCO)CCOC. The second-order valence-electron chi connectivity index (χ2n) is 4.07. The Labute approximate surface area is 94.4 Å². The maximum Gasteiger partial charge on any atom is 0.0589 e. The maximum absolute atomic E-state index is 8.69. The largest absolute Gasteiger partial charge is 0.396 e. The Bertz CT molecular complexity index is 131. The average molecular weight is 217 g/mol. The highest BCUT2D eigenvalue weighted by Crippen LogP contribution is 2.06. The van der Waals surface area contributed by atoms with Crippen molar-refractivity contribution in [2.24, 2.45) is 0 Å². The van der Waals surface area contributed by atoms with E-state index < -0.39 is 0 Å². The summed E-state index contributed by atoms with van der Waals surface area (Å²) in [5, 5.41) is 8.69. The molecule has 0 bridgehead atoms. The number of rotatable bonds is 10. The molecule has 0 aromatic heterocycles. The summed E-state index contributed by atoms with van der Waals surface area (Å²) < 4.78 is 5.11. The van der Waals surface area contributed by atoms with Crippen LogP contribution in [0, 0.1) is 0 Å². The van der Waals surface area contributed by atoms with Crippen LogP contribution in [0.25, 0.3) is 0 Å². The summed E-state index contributed by atoms with van der Waals surface area (Å²) in [6, 6.07) is 0.634. The van der Waals surface area contributed by atoms with Crippen molar-refractivity contribution in [3.8, 4) is 0 Å². The number of hydrogen-bond acceptors (Lipinski definition) is 3. The molecule has 92 valence electrons. The second kappa shape index (κ2) is 10.4. The first-order valence-electron chi connectivity index (χ1n) is 6.10. The summed E-state index contributed by atoms with van der Waals surface area (Å²) >= 11 is 0. The Hall–Kier alpha value is -0.120. The van der Waals surface area contributed by atoms with E-state index in [1.54, 1.807) is 7.11 Å². The molecule has 0 radical (unpaired) electrons. The van der Waals surface area contributed by atoms with E-state index in [1.165, 1.54) is 12.8 Å². The Kier molecular flexibility index (Phi) is 10.3. The molecule has 3 heteroatoms. The van der Waals surface area contributed by atoms with E-state index in [1.807, 2.05) is 0 Å². The van der Waals surface area contributed by atoms with Crippen LogP contribution in [0.1, 0.15) is 39.5 Å². The van der Waals surface area contributed by atoms with Gasteiger partial charge in [0.1, 0.15) is 0 Å². The fourth-order valence-electron chi connectivity index (χ4n) is 1.62. The molecule has 0 amide bonds. The Morgan fingerprint density at radius 1 is 1.20 bits per heavy atom. The minimum absolute atomic E-state index is 0.321. The molecule has 0 heterocycles. The number of ether oxygens (including phenoxy) is 1. The second-order valence-corrected chi connectivity index (χ2v) is 4.07. The van der Waals surface area contributed by atoms with Crippen LogP contribution in [0.2, 0.25) is 0 Å². The molecule has 0 saturated carbocycles. The summed E-state index contributed by atoms with van der Waals surface area (Å²) in [7, 11) is 1.75. The van der Waals surface area contributed by atoms with Crippen molar-refractivity contribution in [3.63, 3.8) is 0 Å². The molecule has 0 aliphatic heterocycles. The lowest BCUT2D eigenvalue weighted by Crippen LogP contribution is -2.36. The molecular weight excluding hydrogens is 190 g/mol. The average Bonchev–Trinajstić information content (AvgIpc) is 2.27. The third kappa shape index (κ3) is 7.77. The van der Waals surface area contributed by atoms with Gasteiger partial charge in [0.2, 0.25) is 0 Å². The molecular formula is C12H27NO2. The molecule has 1 unspecified atom stereocenters. The smallest absolute Gasteiger partial charge is 0.0589 e. The Morgan fingerprint density at radius 3 is 2.47 bits per heavy atom. The van der Waals surface area contributed by atoms with Gasteiger partial charge in [0, 0.05) is 26.3 Å². The topological polar surface area (TPSA) is 32.7 Å². The van der Waals surface area contributed by atoms with E-state index >= 15 is 0 Å². The number of hydrogen-bond donors (Lipinski definition) is 1. The molecule has 0 aliphatic rings. The summed E-state index contributed by atoms with van der Waals surface area (Å²) in [5.41, 5.74) is 0. The summed E-state index contributed by atoms with van der Waals surface area (Å²) in [5.74, 6) is 0. The van der Waals surface area contributed by atoms with Crippen LogP contribution < -0.4 is 0 Å². The van der Waals surface area contributed by atoms with Crippen LogP contribution in [0.3, 0.4) is 0 Å². The molecule has 15 heavy (non-hydrogen) atoms. The van der Waals surface area contributed by atoms with Crippen molar-refractivity contribution in [1.82, 2.24) is 4.90 Å². The first-order chi connectivity index (χ1) is 7.26. The molecule has 0 aromatic rings. The number of unbranched alkanes of at least 4 members (excludes halogenated alkanes) is 2. The fourth-order valence-corrected chi connectivity index (χ4v) is 1.62. The predicted molar refractivity (Wildman–Crippen MR) is 64.1 cm³/mol. The van der Waals surface area contributed by atoms with Crippen LogP contribution in [0.4, 0.5) is 0 Å². The summed E-state index contributed by atoms with van der Waals surface area (Å²) in [6.45, 7) is 7.76. The van der Waals surface area contributed by atoms with Crippen molar-refractivity contribution < 1.29 is 9.84 Å². The summed E-state index contributed by atoms with van der Waals surface area (Å²) in [4.78, 5) is 2.47. The zero-order chi connectivity index (χ0) is 11.5. The molecule has 0 fully saturated rings. The van der Waals surface area contributed by atoms with Gasteiger partial charge < -0.3 is 9.84 Å². The minimum Gasteiger partial charge on any atom is -0.396 e. The van der Waals surface area contributed by atoms with Crippen LogP contribution in [0.15, 0.2) is 0 Å². The molecule has 1 N–H and O–H groups in total. The first kappa shape index (κ1) is 14.9. The standard InChI is InChI=1S/C12H27NO2/c1-4-12(2)13(9-11-15-3)8-6-5-7-10-14/h12,14H,4-11H2,1-3H3. The Balaban J connectivity index is 3.69. The van der Waals surface area contributed by atoms with Gasteiger partial charge in [-0.1, -0.05) is 6.92 Å². The molecule has 0 aliphatic carbocycles. The van der Waals surface area contributed by atoms with Gasteiger partial charge in [-0.3, -0.25) is 4.90 Å². The van der Waals surface area contributed by atoms with Crippen molar-refractivity contribution in [2.45, 2.75) is 45.6 Å². The van der Waals surface area contributed by atoms with Gasteiger partial charge >= 0.3 is 0 Å². The molecule has 0 spiro atoms. The van der Waals surface area contributed by atoms with Gasteiger partial charge in [0.25, 0.3) is 0 Å². The van der Waals surface area contributed by atoms with E-state index in [9.17, 15) is 0 Å². The number of aliphatic hydroxyl groups excluding tert-OH is 1. The van der Waals surface area contributed by atoms with E-state index in [0.717, 1.165) is 32.5 Å². The van der Waals surface area contributed by atoms with Crippen LogP contribution in [-0.4, -0.2) is 49.5 Å². The van der Waals surface area contributed by atoms with Crippen LogP contribution in [0.5, 0.6) is 0 Å². The molecule has 0 rings (SSSR count). The van der Waals surface area contributed by atoms with Gasteiger partial charge in [-0.05, 0) is 39.2 Å². The predicted octanol–water partition coefficient (Wildman–Crippen LogP) is 1.90. The van der Waals surface area contributed by atoms with E-state index in [4.69, 9.17) is 9.84 Å². The van der Waals surface area contributed by atoms with Gasteiger partial charge in [0.15, 0.2) is 0 Å². The first-order valence-corrected chi connectivity index (χ1v) is 6.10. The third-order valence-corrected chi connectivity index (χ3v) is 2.90. The lowest BCUT2D eigenvalue weighted by atomic mass is 10.2. The highest BCUT2D eigenvalue weighted by Gasteiger charge is 2.10. The lowest BCUT2D eigenvalue weighted by Gasteiger charge is -2.28. The van der Waals surface area contributed by atoms with E-state index in [2.05, 4.69) is 18.7 Å². The molecule has 0 saturated heterocycles. The maximum atomic E-state index is 8.69. The quantitative estimate of drug-likeness (QED) is 0.567. The number of aliphatic hydroxyl groups is 1. The van der Waals surface area contributed by atoms with Gasteiger partial charge in [0.05, 0.1) is 6.61 Å². The molecule has 0 aromatic carbocycles. The van der Waals surface area contributed by atoms with Gasteiger partial charge in [-0.15, -0.1) is 0 Å². The third-order valence-electron chi connectivity index (χ3n) is 2.90. The highest BCUT2D eigenvalue weighted by molar-refractivity contribution is 4.65. The zero-order valence-electron chi connectivity index (χ0n) is 10.5. The number of methoxy groups -OCH3 is 1. The van der Waals surface area contributed by atoms with E-state index in [-0.39, 0.29) is 0 Å². The number of nitrogens with zero attached hydrogens (tertiary/aromatic N) is 1. The fraction of sp³-hybridized carbons (Fsp3) is 1.00. The van der Waals surface area contributed by atoms with Crippen LogP contribution >= 0.6 is 0 Å². The summed E-state index contributed by atoms with van der Waals surface area (Å²) in [6.07, 6.45) is 4.41. The molecule has 1 atom stereocenters. The van der Waals surface area contributed by atoms with Gasteiger partial charge in [-0.2, -0.15) is 0 Å². The van der Waals surface area contributed by atoms with Crippen molar-refractivity contribution in [2.75, 3.05) is 33.4 Å². The molecule has 3 nitrogen and oxygen atoms in total. The monoisotopic (exact) mass is 217 g/mol. The van der Waals surface area contributed by atoms with Crippen LogP contribution in [-0.2, 0) is 4.74 Å². The van der Waals surface area contributed by atoms with Crippen molar-refractivity contribution in [1.29, 1.82) is 0 Å². The minimum atomic E-state index is 0.321. The highest BCUT2D eigenvalue weighted by atomic mass is 16.5. The normalized spacial score (nSPS) is 13.4. The van der Waals surface area contributed by atoms with Gasteiger partial charge in [-0.25, -0.2) is 0 Å². The lowest BCUT2D eigenvalue weighted by molar-refractivity contribution is 0.121. The Morgan fingerprint density at radius 2 is 1.93 bits per heavy atom. The van der Waals surface area contributed by atoms with Crippen molar-refractivity contribution >= 4 is 0 Å². The van der Waals surface area contributed by atoms with E-state index in [0.29, 0.717) is 12.6 Å². The zero-order valence-corrected chi connectivity index (χ0v) is 10.5. The van der Waals surface area contributed by atoms with Crippen molar-refractivity contribution in [3.05, 3.63) is 0 Å².